The van der Waals surface area contributed by atoms with Gasteiger partial charge < -0.3 is 14.9 Å². The quantitative estimate of drug-likeness (QED) is 0.752. The number of rotatable bonds is 3. The maximum atomic E-state index is 13.0. The number of nitrogens with zero attached hydrogens (tertiary/aromatic N) is 1. The number of oxime groups is 1. The molecule has 0 fully saturated rings. The molecule has 3 aromatic carbocycles. The van der Waals surface area contributed by atoms with Crippen molar-refractivity contribution in [2.24, 2.45) is 5.16 Å². The molecular weight excluding hydrogens is 352 g/mol. The molecule has 0 aromatic heterocycles. The first-order chi connectivity index (χ1) is 13.8. The summed E-state index contributed by atoms with van der Waals surface area (Å²) in [5.41, 5.74) is 3.61. The number of fused-ring (bicyclic) bond motifs is 2. The summed E-state index contributed by atoms with van der Waals surface area (Å²) >= 11 is 0. The summed E-state index contributed by atoms with van der Waals surface area (Å²) in [6.45, 7) is 0. The molecule has 138 valence electrons. The van der Waals surface area contributed by atoms with Gasteiger partial charge in [-0.3, -0.25) is 4.79 Å². The minimum absolute atomic E-state index is 0.189. The van der Waals surface area contributed by atoms with Gasteiger partial charge in [0.15, 0.2) is 0 Å². The molecule has 2 aliphatic rings. The minimum atomic E-state index is -0.641. The molecule has 0 saturated carbocycles. The van der Waals surface area contributed by atoms with Crippen molar-refractivity contribution < 1.29 is 14.4 Å². The van der Waals surface area contributed by atoms with E-state index in [0.717, 1.165) is 33.9 Å². The van der Waals surface area contributed by atoms with Crippen LogP contribution in [-0.4, -0.2) is 17.7 Å². The SMILES string of the molecule is O=C(NC1c2ccccc2Oc2ccccc21)C1CC(c2ccccc2)=NO1. The number of ether oxygens (including phenoxy) is 1. The van der Waals surface area contributed by atoms with Crippen molar-refractivity contribution in [3.05, 3.63) is 95.6 Å². The molecule has 0 radical (unpaired) electrons. The zero-order valence-corrected chi connectivity index (χ0v) is 15.0. The Morgan fingerprint density at radius 1 is 0.857 bits per heavy atom. The summed E-state index contributed by atoms with van der Waals surface area (Å²) < 4.78 is 5.98. The smallest absolute Gasteiger partial charge is 0.265 e. The summed E-state index contributed by atoms with van der Waals surface area (Å²) in [6, 6.07) is 25.0. The van der Waals surface area contributed by atoms with Gasteiger partial charge in [0, 0.05) is 17.5 Å². The van der Waals surface area contributed by atoms with E-state index in [1.807, 2.05) is 78.9 Å². The normalized spacial score (nSPS) is 17.6. The second-order valence-corrected chi connectivity index (χ2v) is 6.82. The number of amides is 1. The van der Waals surface area contributed by atoms with Crippen molar-refractivity contribution in [3.8, 4) is 11.5 Å². The molecule has 28 heavy (non-hydrogen) atoms. The molecule has 5 nitrogen and oxygen atoms in total. The lowest BCUT2D eigenvalue weighted by atomic mass is 9.94. The van der Waals surface area contributed by atoms with E-state index in [1.165, 1.54) is 0 Å². The molecule has 0 saturated heterocycles. The van der Waals surface area contributed by atoms with Gasteiger partial charge in [0.25, 0.3) is 5.91 Å². The highest BCUT2D eigenvalue weighted by atomic mass is 16.6. The number of benzene rings is 3. The van der Waals surface area contributed by atoms with E-state index in [2.05, 4.69) is 10.5 Å². The molecule has 2 heterocycles. The summed E-state index contributed by atoms with van der Waals surface area (Å²) in [4.78, 5) is 18.4. The highest BCUT2D eigenvalue weighted by molar-refractivity contribution is 6.04. The van der Waals surface area contributed by atoms with Gasteiger partial charge in [-0.15, -0.1) is 0 Å². The van der Waals surface area contributed by atoms with Crippen LogP contribution in [0.1, 0.15) is 29.2 Å². The van der Waals surface area contributed by atoms with Crippen LogP contribution in [0.15, 0.2) is 84.0 Å². The van der Waals surface area contributed by atoms with Gasteiger partial charge in [-0.25, -0.2) is 0 Å². The number of hydrogen-bond donors (Lipinski definition) is 1. The Bertz CT molecular complexity index is 1020. The Labute approximate surface area is 162 Å². The van der Waals surface area contributed by atoms with Gasteiger partial charge in [-0.2, -0.15) is 0 Å². The first-order valence-corrected chi connectivity index (χ1v) is 9.24. The van der Waals surface area contributed by atoms with Crippen molar-refractivity contribution in [2.45, 2.75) is 18.6 Å². The second kappa shape index (κ2) is 6.85. The fourth-order valence-electron chi connectivity index (χ4n) is 3.62. The summed E-state index contributed by atoms with van der Waals surface area (Å²) in [5, 5.41) is 7.25. The average molecular weight is 370 g/mol. The van der Waals surface area contributed by atoms with Gasteiger partial charge in [-0.1, -0.05) is 71.9 Å². The molecule has 1 N–H and O–H groups in total. The Balaban J connectivity index is 1.38. The van der Waals surface area contributed by atoms with Crippen LogP contribution >= 0.6 is 0 Å². The number of para-hydroxylation sites is 2. The van der Waals surface area contributed by atoms with Crippen molar-refractivity contribution in [1.29, 1.82) is 0 Å². The van der Waals surface area contributed by atoms with Crippen LogP contribution in [-0.2, 0) is 9.63 Å². The fraction of sp³-hybridized carbons (Fsp3) is 0.130. The third kappa shape index (κ3) is 2.91. The van der Waals surface area contributed by atoms with Crippen molar-refractivity contribution >= 4 is 11.6 Å². The van der Waals surface area contributed by atoms with Crippen LogP contribution in [0.3, 0.4) is 0 Å². The van der Waals surface area contributed by atoms with Crippen LogP contribution < -0.4 is 10.1 Å². The molecule has 0 bridgehead atoms. The van der Waals surface area contributed by atoms with E-state index >= 15 is 0 Å². The lowest BCUT2D eigenvalue weighted by Crippen LogP contribution is -2.38. The van der Waals surface area contributed by atoms with Crippen LogP contribution in [0.5, 0.6) is 11.5 Å². The molecule has 1 atom stereocenters. The predicted molar refractivity (Wildman–Crippen MR) is 105 cm³/mol. The molecule has 2 aliphatic heterocycles. The summed E-state index contributed by atoms with van der Waals surface area (Å²) in [6.07, 6.45) is -0.195. The minimum Gasteiger partial charge on any atom is -0.457 e. The first kappa shape index (κ1) is 16.6. The largest absolute Gasteiger partial charge is 0.457 e. The predicted octanol–water partition coefficient (Wildman–Crippen LogP) is 4.19. The van der Waals surface area contributed by atoms with Crippen molar-refractivity contribution in [3.63, 3.8) is 0 Å². The number of carbonyl (C=O) groups excluding carboxylic acids is 1. The second-order valence-electron chi connectivity index (χ2n) is 6.82. The lowest BCUT2D eigenvalue weighted by molar-refractivity contribution is -0.131. The Kier molecular flexibility index (Phi) is 4.05. The maximum Gasteiger partial charge on any atom is 0.265 e. The third-order valence-corrected chi connectivity index (χ3v) is 5.03. The highest BCUT2D eigenvalue weighted by Gasteiger charge is 2.34. The van der Waals surface area contributed by atoms with Gasteiger partial charge in [0.1, 0.15) is 11.5 Å². The number of carbonyl (C=O) groups is 1. The molecular formula is C23H18N2O3. The monoisotopic (exact) mass is 370 g/mol. The van der Waals surface area contributed by atoms with E-state index in [4.69, 9.17) is 9.57 Å². The zero-order valence-electron chi connectivity index (χ0n) is 15.0. The van der Waals surface area contributed by atoms with Gasteiger partial charge in [0.05, 0.1) is 11.8 Å². The van der Waals surface area contributed by atoms with E-state index in [1.54, 1.807) is 0 Å². The van der Waals surface area contributed by atoms with Crippen LogP contribution in [0.25, 0.3) is 0 Å². The van der Waals surface area contributed by atoms with Gasteiger partial charge >= 0.3 is 0 Å². The lowest BCUT2D eigenvalue weighted by Gasteiger charge is -2.29. The standard InChI is InChI=1S/C23H18N2O3/c26-23(21-14-18(25-28-21)15-8-2-1-3-9-15)24-22-16-10-4-6-12-19(16)27-20-13-7-5-11-17(20)22/h1-13,21-22H,14H2,(H,24,26). The van der Waals surface area contributed by atoms with Crippen LogP contribution in [0.2, 0.25) is 0 Å². The topological polar surface area (TPSA) is 59.9 Å². The fourth-order valence-corrected chi connectivity index (χ4v) is 3.62. The Morgan fingerprint density at radius 3 is 2.14 bits per heavy atom. The zero-order chi connectivity index (χ0) is 18.9. The number of nitrogens with one attached hydrogen (secondary N) is 1. The van der Waals surface area contributed by atoms with Crippen molar-refractivity contribution in [2.75, 3.05) is 0 Å². The number of hydrogen-bond acceptors (Lipinski definition) is 4. The molecule has 5 heteroatoms. The highest BCUT2D eigenvalue weighted by Crippen LogP contribution is 2.42. The van der Waals surface area contributed by atoms with E-state index < -0.39 is 6.10 Å². The average Bonchev–Trinajstić information content (AvgIpc) is 3.25. The maximum absolute atomic E-state index is 13.0. The van der Waals surface area contributed by atoms with Gasteiger partial charge in [-0.05, 0) is 17.7 Å². The summed E-state index contributed by atoms with van der Waals surface area (Å²) in [7, 11) is 0. The first-order valence-electron chi connectivity index (χ1n) is 9.24. The molecule has 1 unspecified atom stereocenters. The Hall–Kier alpha value is -3.60. The van der Waals surface area contributed by atoms with E-state index in [0.29, 0.717) is 6.42 Å². The Morgan fingerprint density at radius 2 is 1.46 bits per heavy atom. The molecule has 0 spiro atoms. The molecule has 1 amide bonds. The molecule has 0 aliphatic carbocycles. The van der Waals surface area contributed by atoms with Crippen LogP contribution in [0.4, 0.5) is 0 Å². The molecule has 3 aromatic rings. The summed E-state index contributed by atoms with van der Waals surface area (Å²) in [5.74, 6) is 1.31. The third-order valence-electron chi connectivity index (χ3n) is 5.03. The van der Waals surface area contributed by atoms with Crippen molar-refractivity contribution in [1.82, 2.24) is 5.32 Å². The van der Waals surface area contributed by atoms with E-state index in [-0.39, 0.29) is 11.9 Å². The van der Waals surface area contributed by atoms with Gasteiger partial charge in [0.2, 0.25) is 6.10 Å². The van der Waals surface area contributed by atoms with E-state index in [9.17, 15) is 4.79 Å². The van der Waals surface area contributed by atoms with Crippen LogP contribution in [0, 0.1) is 0 Å². The molecule has 5 rings (SSSR count).